The summed E-state index contributed by atoms with van der Waals surface area (Å²) in [5, 5.41) is 0. The molecule has 0 radical (unpaired) electrons. The van der Waals surface area contributed by atoms with Crippen molar-refractivity contribution >= 4 is 34.2 Å². The molecule has 0 saturated carbocycles. The Labute approximate surface area is 236 Å². The topological polar surface area (TPSA) is 71.1 Å². The van der Waals surface area contributed by atoms with Crippen LogP contribution in [-0.4, -0.2) is 10.3 Å². The molecular formula is C27H25Cl2O6P2Pd. The van der Waals surface area contributed by atoms with E-state index in [4.69, 9.17) is 37.2 Å². The van der Waals surface area contributed by atoms with Gasteiger partial charge in [-0.1, -0.05) is 0 Å². The predicted molar refractivity (Wildman–Crippen MR) is 148 cm³/mol. The molecule has 4 aromatic rings. The van der Waals surface area contributed by atoms with Crippen LogP contribution in [0.15, 0.2) is 121 Å². The van der Waals surface area contributed by atoms with Gasteiger partial charge in [-0.15, -0.1) is 0 Å². The summed E-state index contributed by atoms with van der Waals surface area (Å²) in [6.45, 7) is 0. The van der Waals surface area contributed by atoms with E-state index in [2.05, 4.69) is 0 Å². The second kappa shape index (κ2) is 13.7. The molecule has 0 fully saturated rings. The quantitative estimate of drug-likeness (QED) is 0.103. The number of rotatable bonds is 13. The zero-order valence-corrected chi connectivity index (χ0v) is 24.8. The normalized spacial score (nSPS) is 12.7. The SMILES string of the molecule is O=P(CC[CH]([Pd]([Cl])[Cl])P(=O)(Oc1ccccc1)Oc1ccccc1)(Oc1ccccc1)Oc1ccccc1. The van der Waals surface area contributed by atoms with Gasteiger partial charge in [0.15, 0.2) is 0 Å². The van der Waals surface area contributed by atoms with Crippen molar-refractivity contribution in [1.82, 2.24) is 0 Å². The summed E-state index contributed by atoms with van der Waals surface area (Å²) in [6, 6.07) is 34.7. The van der Waals surface area contributed by atoms with Crippen LogP contribution in [0, 0.1) is 0 Å². The van der Waals surface area contributed by atoms with E-state index in [1.807, 2.05) is 24.3 Å². The second-order valence-corrected chi connectivity index (χ2v) is 18.4. The van der Waals surface area contributed by atoms with Gasteiger partial charge in [-0.05, 0) is 0 Å². The fourth-order valence-electron chi connectivity index (χ4n) is 3.34. The third-order valence-corrected chi connectivity index (χ3v) is 15.4. The Kier molecular flexibility index (Phi) is 10.4. The Morgan fingerprint density at radius 1 is 0.553 bits per heavy atom. The van der Waals surface area contributed by atoms with Gasteiger partial charge in [0.2, 0.25) is 0 Å². The van der Waals surface area contributed by atoms with E-state index < -0.39 is 34.0 Å². The first-order valence-electron chi connectivity index (χ1n) is 11.5. The molecule has 1 atom stereocenters. The molecule has 4 aromatic carbocycles. The molecule has 0 amide bonds. The first kappa shape index (κ1) is 28.8. The van der Waals surface area contributed by atoms with Crippen molar-refractivity contribution in [3.63, 3.8) is 0 Å². The van der Waals surface area contributed by atoms with Gasteiger partial charge in [-0.2, -0.15) is 0 Å². The summed E-state index contributed by atoms with van der Waals surface area (Å²) in [7, 11) is 5.13. The number of para-hydroxylation sites is 4. The third-order valence-electron chi connectivity index (χ3n) is 5.03. The average Bonchev–Trinajstić information content (AvgIpc) is 2.90. The molecule has 0 heterocycles. The summed E-state index contributed by atoms with van der Waals surface area (Å²) < 4.78 is 51.1. The first-order valence-corrected chi connectivity index (χ1v) is 19.7. The molecule has 0 saturated heterocycles. The average molecular weight is 685 g/mol. The number of hydrogen-bond donors (Lipinski definition) is 0. The molecule has 11 heteroatoms. The minimum atomic E-state index is -4.02. The van der Waals surface area contributed by atoms with Crippen molar-refractivity contribution < 1.29 is 41.9 Å². The third kappa shape index (κ3) is 8.39. The van der Waals surface area contributed by atoms with E-state index in [0.29, 0.717) is 23.0 Å². The molecule has 203 valence electrons. The van der Waals surface area contributed by atoms with Gasteiger partial charge in [0.05, 0.1) is 0 Å². The van der Waals surface area contributed by atoms with Crippen LogP contribution in [-0.2, 0) is 23.8 Å². The maximum absolute atomic E-state index is 14.4. The van der Waals surface area contributed by atoms with Crippen LogP contribution in [0.1, 0.15) is 6.42 Å². The van der Waals surface area contributed by atoms with Crippen molar-refractivity contribution in [2.24, 2.45) is 0 Å². The van der Waals surface area contributed by atoms with E-state index in [1.165, 1.54) is 0 Å². The molecule has 0 aliphatic rings. The number of halogens is 2. The van der Waals surface area contributed by atoms with Crippen molar-refractivity contribution in [1.29, 1.82) is 0 Å². The van der Waals surface area contributed by atoms with Crippen molar-refractivity contribution in [2.45, 2.75) is 10.6 Å². The minimum absolute atomic E-state index is 0.00181. The molecule has 1 unspecified atom stereocenters. The summed E-state index contributed by atoms with van der Waals surface area (Å²) in [5.41, 5.74) is 0. The molecule has 0 N–H and O–H groups in total. The van der Waals surface area contributed by atoms with Gasteiger partial charge >= 0.3 is 237 Å². The first-order chi connectivity index (χ1) is 18.4. The van der Waals surface area contributed by atoms with Gasteiger partial charge in [-0.3, -0.25) is 0 Å². The monoisotopic (exact) mass is 683 g/mol. The van der Waals surface area contributed by atoms with Crippen molar-refractivity contribution in [3.8, 4) is 23.0 Å². The van der Waals surface area contributed by atoms with Crippen molar-refractivity contribution in [3.05, 3.63) is 121 Å². The molecule has 0 spiro atoms. The van der Waals surface area contributed by atoms with E-state index in [9.17, 15) is 9.13 Å². The van der Waals surface area contributed by atoms with Crippen molar-refractivity contribution in [2.75, 3.05) is 6.16 Å². The molecule has 6 nitrogen and oxygen atoms in total. The Bertz CT molecular complexity index is 1270. The Balaban J connectivity index is 1.63. The molecular weight excluding hydrogens is 660 g/mol. The second-order valence-electron chi connectivity index (χ2n) is 7.86. The van der Waals surface area contributed by atoms with Crippen LogP contribution in [0.25, 0.3) is 0 Å². The number of hydrogen-bond acceptors (Lipinski definition) is 6. The summed E-state index contributed by atoms with van der Waals surface area (Å²) >= 11 is -2.50. The Morgan fingerprint density at radius 2 is 0.868 bits per heavy atom. The van der Waals surface area contributed by atoms with Gasteiger partial charge in [-0.25, -0.2) is 0 Å². The number of benzene rings is 4. The van der Waals surface area contributed by atoms with Crippen LogP contribution in [0.3, 0.4) is 0 Å². The van der Waals surface area contributed by atoms with E-state index in [0.717, 1.165) is 0 Å². The molecule has 0 aliphatic carbocycles. The fourth-order valence-corrected chi connectivity index (χ4v) is 12.9. The van der Waals surface area contributed by atoms with E-state index in [-0.39, 0.29) is 12.6 Å². The molecule has 0 aromatic heterocycles. The maximum atomic E-state index is 14.4. The van der Waals surface area contributed by atoms with Crippen LogP contribution >= 0.6 is 34.2 Å². The van der Waals surface area contributed by atoms with Crippen LogP contribution < -0.4 is 18.1 Å². The van der Waals surface area contributed by atoms with Gasteiger partial charge in [0.1, 0.15) is 0 Å². The van der Waals surface area contributed by atoms with Crippen LogP contribution in [0.4, 0.5) is 0 Å². The zero-order chi connectivity index (χ0) is 26.8. The van der Waals surface area contributed by atoms with E-state index >= 15 is 0 Å². The standard InChI is InChI=1S/C27H25O6P2.2ClH.Pd/c28-34(30-24-14-5-1-6-15-24,31-25-16-7-2-8-17-25)22-13-23-35(29,32-26-18-9-3-10-19-26)33-27-20-11-4-12-21-27;;;/h1-12,14-22H,13,23H2;2*1H;/q;;;+2/p-2. The van der Waals surface area contributed by atoms with Gasteiger partial charge in [0, 0.05) is 0 Å². The van der Waals surface area contributed by atoms with Crippen LogP contribution in [0.2, 0.25) is 0 Å². The summed E-state index contributed by atoms with van der Waals surface area (Å²) in [6.07, 6.45) is -0.138. The predicted octanol–water partition coefficient (Wildman–Crippen LogP) is 9.33. The Hall–Kier alpha value is -2.22. The van der Waals surface area contributed by atoms with E-state index in [1.54, 1.807) is 97.1 Å². The zero-order valence-electron chi connectivity index (χ0n) is 20.0. The summed E-state index contributed by atoms with van der Waals surface area (Å²) in [4.78, 5) is 0. The van der Waals surface area contributed by atoms with Crippen LogP contribution in [0.5, 0.6) is 23.0 Å². The summed E-state index contributed by atoms with van der Waals surface area (Å²) in [5.74, 6) is 1.41. The van der Waals surface area contributed by atoms with Gasteiger partial charge in [0.25, 0.3) is 0 Å². The molecule has 4 rings (SSSR count). The molecule has 0 aliphatic heterocycles. The fraction of sp³-hybridized carbons (Fsp3) is 0.111. The van der Waals surface area contributed by atoms with Gasteiger partial charge < -0.3 is 0 Å². The Morgan fingerprint density at radius 3 is 1.18 bits per heavy atom. The molecule has 38 heavy (non-hydrogen) atoms. The molecule has 0 bridgehead atoms.